The number of aromatic nitrogens is 4. The first-order valence-corrected chi connectivity index (χ1v) is 8.07. The summed E-state index contributed by atoms with van der Waals surface area (Å²) in [6.07, 6.45) is 3.28. The number of anilines is 3. The SMILES string of the molecule is Fc1ccc(CNc2cnnc(Nc3cccc4cccnc34)n2)cc1. The van der Waals surface area contributed by atoms with Crippen molar-refractivity contribution in [1.29, 1.82) is 0 Å². The van der Waals surface area contributed by atoms with Crippen LogP contribution in [-0.2, 0) is 6.54 Å². The minimum atomic E-state index is -0.257. The quantitative estimate of drug-likeness (QED) is 0.570. The highest BCUT2D eigenvalue weighted by Crippen LogP contribution is 2.23. The molecule has 7 heteroatoms. The third-order valence-electron chi connectivity index (χ3n) is 3.82. The van der Waals surface area contributed by atoms with Crippen molar-refractivity contribution >= 4 is 28.4 Å². The molecule has 0 aliphatic carbocycles. The predicted octanol–water partition coefficient (Wildman–Crippen LogP) is 3.91. The smallest absolute Gasteiger partial charge is 0.249 e. The predicted molar refractivity (Wildman–Crippen MR) is 98.6 cm³/mol. The topological polar surface area (TPSA) is 75.6 Å². The number of nitrogens with one attached hydrogen (secondary N) is 2. The summed E-state index contributed by atoms with van der Waals surface area (Å²) in [5, 5.41) is 15.3. The molecule has 6 nitrogen and oxygen atoms in total. The van der Waals surface area contributed by atoms with Crippen LogP contribution < -0.4 is 10.6 Å². The number of nitrogens with zero attached hydrogens (tertiary/aromatic N) is 4. The van der Waals surface area contributed by atoms with Crippen LogP contribution in [0.25, 0.3) is 10.9 Å². The zero-order chi connectivity index (χ0) is 17.8. The fourth-order valence-corrected chi connectivity index (χ4v) is 2.56. The second-order valence-electron chi connectivity index (χ2n) is 5.65. The second-order valence-corrected chi connectivity index (χ2v) is 5.65. The third-order valence-corrected chi connectivity index (χ3v) is 3.82. The minimum absolute atomic E-state index is 0.257. The van der Waals surface area contributed by atoms with E-state index in [4.69, 9.17) is 0 Å². The van der Waals surface area contributed by atoms with Gasteiger partial charge >= 0.3 is 0 Å². The first-order chi connectivity index (χ1) is 12.8. The summed E-state index contributed by atoms with van der Waals surface area (Å²) in [5.74, 6) is 0.680. The zero-order valence-electron chi connectivity index (χ0n) is 13.7. The number of para-hydroxylation sites is 1. The molecule has 0 unspecified atom stereocenters. The van der Waals surface area contributed by atoms with Gasteiger partial charge in [-0.25, -0.2) is 4.39 Å². The molecule has 0 saturated carbocycles. The maximum atomic E-state index is 13.0. The Balaban J connectivity index is 1.51. The van der Waals surface area contributed by atoms with Crippen LogP contribution in [0.15, 0.2) is 67.0 Å². The Morgan fingerprint density at radius 1 is 0.962 bits per heavy atom. The van der Waals surface area contributed by atoms with Gasteiger partial charge < -0.3 is 10.6 Å². The van der Waals surface area contributed by atoms with Crippen LogP contribution in [0.3, 0.4) is 0 Å². The van der Waals surface area contributed by atoms with E-state index in [2.05, 4.69) is 30.8 Å². The molecule has 0 atom stereocenters. The number of rotatable bonds is 5. The molecule has 0 aliphatic heterocycles. The Kier molecular flexibility index (Phi) is 4.34. The van der Waals surface area contributed by atoms with Crippen molar-refractivity contribution in [3.63, 3.8) is 0 Å². The molecule has 4 aromatic rings. The van der Waals surface area contributed by atoms with E-state index in [1.165, 1.54) is 18.3 Å². The molecule has 0 saturated heterocycles. The lowest BCUT2D eigenvalue weighted by molar-refractivity contribution is 0.627. The third kappa shape index (κ3) is 3.56. The van der Waals surface area contributed by atoms with Crippen LogP contribution in [0, 0.1) is 5.82 Å². The molecule has 0 aliphatic rings. The first-order valence-electron chi connectivity index (χ1n) is 8.07. The maximum absolute atomic E-state index is 13.0. The number of halogens is 1. The zero-order valence-corrected chi connectivity index (χ0v) is 13.7. The number of benzene rings is 2. The second kappa shape index (κ2) is 7.10. The van der Waals surface area contributed by atoms with Crippen molar-refractivity contribution in [3.8, 4) is 0 Å². The normalized spacial score (nSPS) is 10.7. The summed E-state index contributed by atoms with van der Waals surface area (Å²) in [6.45, 7) is 0.508. The van der Waals surface area contributed by atoms with Gasteiger partial charge in [0, 0.05) is 18.1 Å². The van der Waals surface area contributed by atoms with Crippen LogP contribution in [-0.4, -0.2) is 20.2 Å². The van der Waals surface area contributed by atoms with E-state index < -0.39 is 0 Å². The van der Waals surface area contributed by atoms with E-state index in [1.807, 2.05) is 30.3 Å². The molecule has 0 fully saturated rings. The highest BCUT2D eigenvalue weighted by molar-refractivity contribution is 5.91. The molecular formula is C19H15FN6. The molecule has 26 heavy (non-hydrogen) atoms. The molecular weight excluding hydrogens is 331 g/mol. The Hall–Kier alpha value is -3.61. The van der Waals surface area contributed by atoms with Gasteiger partial charge in [-0.2, -0.15) is 10.1 Å². The van der Waals surface area contributed by atoms with Crippen LogP contribution in [0.2, 0.25) is 0 Å². The number of fused-ring (bicyclic) bond motifs is 1. The molecule has 2 aromatic carbocycles. The van der Waals surface area contributed by atoms with Crippen molar-refractivity contribution < 1.29 is 4.39 Å². The summed E-state index contributed by atoms with van der Waals surface area (Å²) in [6, 6.07) is 16.0. The molecule has 0 spiro atoms. The maximum Gasteiger partial charge on any atom is 0.249 e. The fraction of sp³-hybridized carbons (Fsp3) is 0.0526. The molecule has 0 bridgehead atoms. The van der Waals surface area contributed by atoms with Gasteiger partial charge in [-0.05, 0) is 29.8 Å². The molecule has 4 rings (SSSR count). The van der Waals surface area contributed by atoms with Crippen molar-refractivity contribution in [2.75, 3.05) is 10.6 Å². The molecule has 2 aromatic heterocycles. The van der Waals surface area contributed by atoms with Gasteiger partial charge in [0.1, 0.15) is 5.82 Å². The lowest BCUT2D eigenvalue weighted by Crippen LogP contribution is -2.06. The van der Waals surface area contributed by atoms with Gasteiger partial charge in [0.2, 0.25) is 5.95 Å². The number of hydrogen-bond donors (Lipinski definition) is 2. The van der Waals surface area contributed by atoms with Crippen molar-refractivity contribution in [1.82, 2.24) is 20.2 Å². The summed E-state index contributed by atoms with van der Waals surface area (Å²) >= 11 is 0. The molecule has 2 heterocycles. The van der Waals surface area contributed by atoms with E-state index in [9.17, 15) is 4.39 Å². The van der Waals surface area contributed by atoms with E-state index in [0.29, 0.717) is 18.3 Å². The summed E-state index contributed by atoms with van der Waals surface area (Å²) in [4.78, 5) is 8.81. The van der Waals surface area contributed by atoms with Crippen LogP contribution in [0.4, 0.5) is 21.8 Å². The average molecular weight is 346 g/mol. The van der Waals surface area contributed by atoms with Crippen LogP contribution in [0.1, 0.15) is 5.56 Å². The summed E-state index contributed by atoms with van der Waals surface area (Å²) in [5.41, 5.74) is 2.58. The van der Waals surface area contributed by atoms with E-state index in [1.54, 1.807) is 18.3 Å². The summed E-state index contributed by atoms with van der Waals surface area (Å²) in [7, 11) is 0. The monoisotopic (exact) mass is 346 g/mol. The Morgan fingerprint density at radius 3 is 2.69 bits per heavy atom. The first kappa shape index (κ1) is 15.9. The van der Waals surface area contributed by atoms with E-state index in [-0.39, 0.29) is 5.82 Å². The van der Waals surface area contributed by atoms with Crippen molar-refractivity contribution in [2.45, 2.75) is 6.54 Å². The lowest BCUT2D eigenvalue weighted by Gasteiger charge is -2.09. The molecule has 2 N–H and O–H groups in total. The summed E-state index contributed by atoms with van der Waals surface area (Å²) < 4.78 is 13.0. The minimum Gasteiger partial charge on any atom is -0.365 e. The van der Waals surface area contributed by atoms with Gasteiger partial charge in [0.05, 0.1) is 17.4 Å². The Morgan fingerprint density at radius 2 is 1.81 bits per heavy atom. The van der Waals surface area contributed by atoms with Gasteiger partial charge in [0.15, 0.2) is 5.82 Å². The molecule has 0 amide bonds. The van der Waals surface area contributed by atoms with Crippen molar-refractivity contribution in [3.05, 3.63) is 78.4 Å². The van der Waals surface area contributed by atoms with Crippen LogP contribution >= 0.6 is 0 Å². The van der Waals surface area contributed by atoms with Gasteiger partial charge in [-0.1, -0.05) is 30.3 Å². The Labute approximate surface area is 149 Å². The number of pyridine rings is 1. The van der Waals surface area contributed by atoms with Gasteiger partial charge in [-0.3, -0.25) is 4.98 Å². The largest absolute Gasteiger partial charge is 0.365 e. The highest BCUT2D eigenvalue weighted by atomic mass is 19.1. The van der Waals surface area contributed by atoms with Crippen molar-refractivity contribution in [2.24, 2.45) is 0 Å². The average Bonchev–Trinajstić information content (AvgIpc) is 2.68. The standard InChI is InChI=1S/C19H15FN6/c20-15-8-6-13(7-9-15)11-22-17-12-23-26-19(25-17)24-16-5-1-3-14-4-2-10-21-18(14)16/h1-10,12H,11H2,(H2,22,24,25,26). The lowest BCUT2D eigenvalue weighted by atomic mass is 10.2. The number of hydrogen-bond acceptors (Lipinski definition) is 6. The Bertz CT molecular complexity index is 1030. The fourth-order valence-electron chi connectivity index (χ4n) is 2.56. The van der Waals surface area contributed by atoms with E-state index >= 15 is 0 Å². The van der Waals surface area contributed by atoms with E-state index in [0.717, 1.165) is 22.2 Å². The molecule has 0 radical (unpaired) electrons. The van der Waals surface area contributed by atoms with Gasteiger partial charge in [-0.15, -0.1) is 5.10 Å². The van der Waals surface area contributed by atoms with Crippen LogP contribution in [0.5, 0.6) is 0 Å². The highest BCUT2D eigenvalue weighted by Gasteiger charge is 2.05. The van der Waals surface area contributed by atoms with Gasteiger partial charge in [0.25, 0.3) is 0 Å². The molecule has 128 valence electrons.